The molecule has 1 unspecified atom stereocenters. The van der Waals surface area contributed by atoms with Crippen LogP contribution in [0.15, 0.2) is 0 Å². The largest absolute Gasteiger partial charge is 0.398 e. The molecule has 1 atom stereocenters. The first-order valence-electron chi connectivity index (χ1n) is 3.34. The van der Waals surface area contributed by atoms with E-state index in [4.69, 9.17) is 4.55 Å². The molecule has 0 bridgehead atoms. The van der Waals surface area contributed by atoms with Crippen molar-refractivity contribution in [1.29, 1.82) is 0 Å². The van der Waals surface area contributed by atoms with E-state index in [1.54, 1.807) is 0 Å². The summed E-state index contributed by atoms with van der Waals surface area (Å²) in [5, 5.41) is 2.73. The summed E-state index contributed by atoms with van der Waals surface area (Å²) in [5.74, 6) is 0. The predicted octanol–water partition coefficient (Wildman–Crippen LogP) is 0.151. The summed E-state index contributed by atoms with van der Waals surface area (Å²) < 4.78 is 32.6. The van der Waals surface area contributed by atoms with Gasteiger partial charge in [-0.1, -0.05) is 6.92 Å². The summed E-state index contributed by atoms with van der Waals surface area (Å²) in [6, 6.07) is 0. The lowest BCUT2D eigenvalue weighted by atomic mass is 10.5. The van der Waals surface area contributed by atoms with Crippen LogP contribution in [0.4, 0.5) is 0 Å². The quantitative estimate of drug-likeness (QED) is 0.469. The standard InChI is InChI=1S/C5H13NO4S/c1-3-4-6-5(2)10-11(7,8)9/h5-6H,3-4H2,1-2H3,(H,7,8,9). The first-order chi connectivity index (χ1) is 4.95. The highest BCUT2D eigenvalue weighted by atomic mass is 32.3. The molecule has 0 amide bonds. The van der Waals surface area contributed by atoms with Crippen LogP contribution in [0.5, 0.6) is 0 Å². The first-order valence-corrected chi connectivity index (χ1v) is 4.71. The second-order valence-corrected chi connectivity index (χ2v) is 3.17. The van der Waals surface area contributed by atoms with Gasteiger partial charge in [0.05, 0.1) is 0 Å². The van der Waals surface area contributed by atoms with E-state index in [0.29, 0.717) is 6.54 Å². The monoisotopic (exact) mass is 183 g/mol. The van der Waals surface area contributed by atoms with Gasteiger partial charge in [0.15, 0.2) is 0 Å². The highest BCUT2D eigenvalue weighted by molar-refractivity contribution is 7.80. The van der Waals surface area contributed by atoms with Crippen LogP contribution in [0.3, 0.4) is 0 Å². The van der Waals surface area contributed by atoms with Crippen LogP contribution in [0.2, 0.25) is 0 Å². The van der Waals surface area contributed by atoms with Crippen LogP contribution >= 0.6 is 0 Å². The van der Waals surface area contributed by atoms with Gasteiger partial charge in [0.1, 0.15) is 6.23 Å². The van der Waals surface area contributed by atoms with Gasteiger partial charge in [-0.25, -0.2) is 4.18 Å². The Morgan fingerprint density at radius 2 is 2.18 bits per heavy atom. The van der Waals surface area contributed by atoms with Crippen molar-refractivity contribution in [1.82, 2.24) is 5.32 Å². The number of hydrogen-bond acceptors (Lipinski definition) is 4. The van der Waals surface area contributed by atoms with Crippen LogP contribution < -0.4 is 5.32 Å². The predicted molar refractivity (Wildman–Crippen MR) is 40.4 cm³/mol. The fourth-order valence-corrected chi connectivity index (χ4v) is 0.997. The Bertz CT molecular complexity index is 189. The van der Waals surface area contributed by atoms with Crippen LogP contribution in [0, 0.1) is 0 Å². The molecule has 0 aromatic heterocycles. The SMILES string of the molecule is CCCNC(C)OS(=O)(=O)O. The van der Waals surface area contributed by atoms with Gasteiger partial charge in [0, 0.05) is 0 Å². The van der Waals surface area contributed by atoms with Gasteiger partial charge >= 0.3 is 10.4 Å². The molecule has 0 aliphatic carbocycles. The second-order valence-electron chi connectivity index (χ2n) is 2.12. The van der Waals surface area contributed by atoms with Crippen molar-refractivity contribution in [2.75, 3.05) is 6.54 Å². The van der Waals surface area contributed by atoms with Crippen LogP contribution in [0.25, 0.3) is 0 Å². The van der Waals surface area contributed by atoms with Gasteiger partial charge in [-0.3, -0.25) is 9.87 Å². The summed E-state index contributed by atoms with van der Waals surface area (Å²) in [4.78, 5) is 0. The van der Waals surface area contributed by atoms with E-state index in [9.17, 15) is 8.42 Å². The summed E-state index contributed by atoms with van der Waals surface area (Å²) in [6.45, 7) is 4.09. The fourth-order valence-electron chi connectivity index (χ4n) is 0.564. The molecule has 0 aromatic carbocycles. The molecular weight excluding hydrogens is 170 g/mol. The van der Waals surface area contributed by atoms with Crippen molar-refractivity contribution in [2.45, 2.75) is 26.5 Å². The number of rotatable bonds is 5. The molecule has 0 saturated heterocycles. The van der Waals surface area contributed by atoms with Crippen LogP contribution in [-0.2, 0) is 14.6 Å². The Morgan fingerprint density at radius 3 is 2.55 bits per heavy atom. The lowest BCUT2D eigenvalue weighted by Gasteiger charge is -2.10. The molecule has 0 aliphatic rings. The average molecular weight is 183 g/mol. The van der Waals surface area contributed by atoms with Gasteiger partial charge < -0.3 is 0 Å². The molecule has 6 heteroatoms. The molecule has 11 heavy (non-hydrogen) atoms. The molecule has 0 saturated carbocycles. The van der Waals surface area contributed by atoms with E-state index in [1.807, 2.05) is 6.92 Å². The molecule has 0 aliphatic heterocycles. The maximum absolute atomic E-state index is 10.1. The molecule has 5 nitrogen and oxygen atoms in total. The van der Waals surface area contributed by atoms with Gasteiger partial charge in [0.25, 0.3) is 0 Å². The van der Waals surface area contributed by atoms with Crippen molar-refractivity contribution in [3.63, 3.8) is 0 Å². The van der Waals surface area contributed by atoms with Gasteiger partial charge in [-0.15, -0.1) is 0 Å². The molecule has 0 radical (unpaired) electrons. The molecule has 68 valence electrons. The third kappa shape index (κ3) is 7.73. The highest BCUT2D eigenvalue weighted by Gasteiger charge is 2.09. The van der Waals surface area contributed by atoms with E-state index >= 15 is 0 Å². The minimum absolute atomic E-state index is 0.649. The van der Waals surface area contributed by atoms with E-state index in [1.165, 1.54) is 6.92 Å². The summed E-state index contributed by atoms with van der Waals surface area (Å²) in [7, 11) is -4.32. The van der Waals surface area contributed by atoms with Crippen LogP contribution in [-0.4, -0.2) is 25.7 Å². The Hall–Kier alpha value is -0.170. The lowest BCUT2D eigenvalue weighted by Crippen LogP contribution is -2.31. The third-order valence-corrected chi connectivity index (χ3v) is 1.48. The number of hydrogen-bond donors (Lipinski definition) is 2. The fraction of sp³-hybridized carbons (Fsp3) is 1.00. The van der Waals surface area contributed by atoms with Crippen molar-refractivity contribution in [3.05, 3.63) is 0 Å². The Balaban J connectivity index is 3.61. The molecule has 2 N–H and O–H groups in total. The molecule has 0 rings (SSSR count). The molecule has 0 fully saturated rings. The summed E-state index contributed by atoms with van der Waals surface area (Å²) in [6.07, 6.45) is 0.198. The van der Waals surface area contributed by atoms with E-state index in [-0.39, 0.29) is 0 Å². The molecular formula is C5H13NO4S. The van der Waals surface area contributed by atoms with Crippen LogP contribution in [0.1, 0.15) is 20.3 Å². The Morgan fingerprint density at radius 1 is 1.64 bits per heavy atom. The summed E-state index contributed by atoms with van der Waals surface area (Å²) >= 11 is 0. The van der Waals surface area contributed by atoms with E-state index < -0.39 is 16.6 Å². The minimum Gasteiger partial charge on any atom is -0.291 e. The maximum Gasteiger partial charge on any atom is 0.398 e. The second kappa shape index (κ2) is 4.66. The normalized spacial score (nSPS) is 14.8. The van der Waals surface area contributed by atoms with Gasteiger partial charge in [-0.05, 0) is 19.9 Å². The Kier molecular flexibility index (Phi) is 4.58. The van der Waals surface area contributed by atoms with E-state index in [2.05, 4.69) is 9.50 Å². The number of nitrogens with one attached hydrogen (secondary N) is 1. The third-order valence-electron chi connectivity index (χ3n) is 0.948. The highest BCUT2D eigenvalue weighted by Crippen LogP contribution is 1.92. The van der Waals surface area contributed by atoms with Crippen molar-refractivity contribution >= 4 is 10.4 Å². The zero-order chi connectivity index (χ0) is 8.91. The van der Waals surface area contributed by atoms with Crippen molar-refractivity contribution in [3.8, 4) is 0 Å². The zero-order valence-electron chi connectivity index (χ0n) is 6.57. The molecule has 0 spiro atoms. The average Bonchev–Trinajstić information content (AvgIpc) is 1.79. The maximum atomic E-state index is 10.1. The van der Waals surface area contributed by atoms with E-state index in [0.717, 1.165) is 6.42 Å². The lowest BCUT2D eigenvalue weighted by molar-refractivity contribution is 0.166. The molecule has 0 aromatic rings. The summed E-state index contributed by atoms with van der Waals surface area (Å²) in [5.41, 5.74) is 0. The van der Waals surface area contributed by atoms with Crippen molar-refractivity contribution < 1.29 is 17.2 Å². The zero-order valence-corrected chi connectivity index (χ0v) is 7.39. The van der Waals surface area contributed by atoms with Gasteiger partial charge in [-0.2, -0.15) is 8.42 Å². The topological polar surface area (TPSA) is 75.6 Å². The minimum atomic E-state index is -4.32. The molecule has 0 heterocycles. The van der Waals surface area contributed by atoms with Crippen molar-refractivity contribution in [2.24, 2.45) is 0 Å². The smallest absolute Gasteiger partial charge is 0.291 e. The Labute approximate surface area is 66.7 Å². The van der Waals surface area contributed by atoms with Gasteiger partial charge in [0.2, 0.25) is 0 Å². The first kappa shape index (κ1) is 10.8.